The Hall–Kier alpha value is 0.220. The molecule has 72 valence electrons. The van der Waals surface area contributed by atoms with Crippen LogP contribution in [-0.2, 0) is 14.0 Å². The van der Waals surface area contributed by atoms with E-state index in [4.69, 9.17) is 4.55 Å². The third-order valence-electron chi connectivity index (χ3n) is 1.81. The third kappa shape index (κ3) is 4.30. The second-order valence-electron chi connectivity index (χ2n) is 2.85. The van der Waals surface area contributed by atoms with Gasteiger partial charge in [0, 0.05) is 17.3 Å². The molecule has 1 N–H and O–H groups in total. The van der Waals surface area contributed by atoms with Crippen molar-refractivity contribution >= 4 is 22.4 Å². The van der Waals surface area contributed by atoms with E-state index < -0.39 is 10.4 Å². The molecule has 0 spiro atoms. The molecule has 0 aromatic rings. The quantitative estimate of drug-likeness (QED) is 0.570. The molecule has 0 aliphatic heterocycles. The van der Waals surface area contributed by atoms with Crippen LogP contribution < -0.4 is 0 Å². The van der Waals surface area contributed by atoms with Gasteiger partial charge in [-0.25, -0.2) is 0 Å². The molecular formula is C6H12O4S2. The molecule has 0 aromatic heterocycles. The summed E-state index contributed by atoms with van der Waals surface area (Å²) in [6, 6.07) is 0. The van der Waals surface area contributed by atoms with E-state index >= 15 is 0 Å². The van der Waals surface area contributed by atoms with Gasteiger partial charge in [0.05, 0.1) is 0 Å². The largest absolute Gasteiger partial charge is 0.408 e. The van der Waals surface area contributed by atoms with Crippen LogP contribution >= 0.6 is 12.0 Å². The molecule has 1 fully saturated rings. The number of rotatable bonds is 3. The molecule has 6 heteroatoms. The molecule has 0 amide bonds. The molecule has 1 aliphatic rings. The van der Waals surface area contributed by atoms with E-state index in [1.54, 1.807) is 0 Å². The van der Waals surface area contributed by atoms with Crippen LogP contribution in [-0.4, -0.2) is 18.2 Å². The van der Waals surface area contributed by atoms with E-state index in [-0.39, 0.29) is 5.25 Å². The zero-order valence-corrected chi connectivity index (χ0v) is 8.23. The summed E-state index contributed by atoms with van der Waals surface area (Å²) >= 11 is 0.866. The minimum Gasteiger partial charge on any atom is -0.263 e. The van der Waals surface area contributed by atoms with Gasteiger partial charge in [-0.15, -0.1) is 0 Å². The maximum absolute atomic E-state index is 10.2. The summed E-state index contributed by atoms with van der Waals surface area (Å²) < 4.78 is 32.9. The van der Waals surface area contributed by atoms with Crippen LogP contribution in [0.25, 0.3) is 0 Å². The fraction of sp³-hybridized carbons (Fsp3) is 1.00. The maximum atomic E-state index is 10.2. The summed E-state index contributed by atoms with van der Waals surface area (Å²) in [5.41, 5.74) is 0. The van der Waals surface area contributed by atoms with Gasteiger partial charge in [0.1, 0.15) is 0 Å². The lowest BCUT2D eigenvalue weighted by Crippen LogP contribution is -2.10. The van der Waals surface area contributed by atoms with Gasteiger partial charge in [0.25, 0.3) is 0 Å². The predicted molar refractivity (Wildman–Crippen MR) is 47.1 cm³/mol. The van der Waals surface area contributed by atoms with Crippen molar-refractivity contribution in [3.63, 3.8) is 0 Å². The summed E-state index contributed by atoms with van der Waals surface area (Å²) in [6.07, 6.45) is 5.39. The Labute approximate surface area is 76.8 Å². The van der Waals surface area contributed by atoms with Gasteiger partial charge >= 0.3 is 10.4 Å². The molecule has 0 atom stereocenters. The highest BCUT2D eigenvalue weighted by molar-refractivity contribution is 8.03. The van der Waals surface area contributed by atoms with Crippen molar-refractivity contribution < 1.29 is 16.6 Å². The predicted octanol–water partition coefficient (Wildman–Crippen LogP) is 1.79. The fourth-order valence-electron chi connectivity index (χ4n) is 1.27. The first-order valence-corrected chi connectivity index (χ1v) is 6.07. The van der Waals surface area contributed by atoms with E-state index in [2.05, 4.69) is 3.63 Å². The Morgan fingerprint density at radius 1 is 1.25 bits per heavy atom. The van der Waals surface area contributed by atoms with Crippen molar-refractivity contribution in [2.45, 2.75) is 37.4 Å². The van der Waals surface area contributed by atoms with Crippen molar-refractivity contribution in [3.05, 3.63) is 0 Å². The molecule has 0 heterocycles. The standard InChI is InChI=1S/C6H12O4S2/c7-12(8,9)10-11-6-4-2-1-3-5-6/h6H,1-5H2,(H,7,8,9). The van der Waals surface area contributed by atoms with Gasteiger partial charge in [-0.2, -0.15) is 12.0 Å². The van der Waals surface area contributed by atoms with Gasteiger partial charge in [0.2, 0.25) is 0 Å². The minimum atomic E-state index is -4.26. The van der Waals surface area contributed by atoms with Gasteiger partial charge in [-0.1, -0.05) is 19.3 Å². The molecular weight excluding hydrogens is 200 g/mol. The summed E-state index contributed by atoms with van der Waals surface area (Å²) in [6.45, 7) is 0. The van der Waals surface area contributed by atoms with Crippen LogP contribution in [0.3, 0.4) is 0 Å². The highest BCUT2D eigenvalue weighted by Crippen LogP contribution is 2.29. The Morgan fingerprint density at radius 2 is 1.83 bits per heavy atom. The van der Waals surface area contributed by atoms with E-state index in [9.17, 15) is 8.42 Å². The zero-order chi connectivity index (χ0) is 9.03. The fourth-order valence-corrected chi connectivity index (χ4v) is 2.63. The number of hydrogen-bond donors (Lipinski definition) is 1. The summed E-state index contributed by atoms with van der Waals surface area (Å²) in [5.74, 6) is 0. The first-order chi connectivity index (χ1) is 5.58. The highest BCUT2D eigenvalue weighted by atomic mass is 32.3. The second kappa shape index (κ2) is 4.45. The highest BCUT2D eigenvalue weighted by Gasteiger charge is 2.17. The second-order valence-corrected chi connectivity index (χ2v) is 5.11. The average Bonchev–Trinajstić information content (AvgIpc) is 2.02. The van der Waals surface area contributed by atoms with E-state index in [0.717, 1.165) is 37.7 Å². The van der Waals surface area contributed by atoms with Crippen molar-refractivity contribution in [2.75, 3.05) is 0 Å². The van der Waals surface area contributed by atoms with Crippen LogP contribution in [0.5, 0.6) is 0 Å². The average molecular weight is 212 g/mol. The summed E-state index contributed by atoms with van der Waals surface area (Å²) in [7, 11) is -4.26. The topological polar surface area (TPSA) is 63.6 Å². The van der Waals surface area contributed by atoms with Crippen LogP contribution in [0.15, 0.2) is 0 Å². The van der Waals surface area contributed by atoms with E-state index in [1.165, 1.54) is 6.42 Å². The lowest BCUT2D eigenvalue weighted by Gasteiger charge is -2.18. The molecule has 0 aromatic carbocycles. The molecule has 1 aliphatic carbocycles. The summed E-state index contributed by atoms with van der Waals surface area (Å²) in [4.78, 5) is 0. The normalized spacial score (nSPS) is 21.1. The van der Waals surface area contributed by atoms with Crippen molar-refractivity contribution in [1.82, 2.24) is 0 Å². The molecule has 0 unspecified atom stereocenters. The molecule has 4 nitrogen and oxygen atoms in total. The molecule has 0 radical (unpaired) electrons. The van der Waals surface area contributed by atoms with Crippen LogP contribution in [0.1, 0.15) is 32.1 Å². The Morgan fingerprint density at radius 3 is 2.33 bits per heavy atom. The lowest BCUT2D eigenvalue weighted by molar-refractivity contribution is 0.403. The third-order valence-corrected chi connectivity index (χ3v) is 3.56. The first kappa shape index (κ1) is 10.3. The molecule has 0 saturated heterocycles. The van der Waals surface area contributed by atoms with Crippen LogP contribution in [0, 0.1) is 0 Å². The van der Waals surface area contributed by atoms with Crippen molar-refractivity contribution in [2.24, 2.45) is 0 Å². The molecule has 12 heavy (non-hydrogen) atoms. The van der Waals surface area contributed by atoms with Crippen LogP contribution in [0.4, 0.5) is 0 Å². The monoisotopic (exact) mass is 212 g/mol. The SMILES string of the molecule is O=S(=O)(O)OSC1CCCCC1. The van der Waals surface area contributed by atoms with E-state index in [1.807, 2.05) is 0 Å². The Balaban J connectivity index is 2.22. The van der Waals surface area contributed by atoms with Crippen molar-refractivity contribution in [3.8, 4) is 0 Å². The van der Waals surface area contributed by atoms with Gasteiger partial charge in [-0.05, 0) is 12.8 Å². The molecule has 1 saturated carbocycles. The zero-order valence-electron chi connectivity index (χ0n) is 6.60. The smallest absolute Gasteiger partial charge is 0.263 e. The maximum Gasteiger partial charge on any atom is 0.408 e. The van der Waals surface area contributed by atoms with Crippen molar-refractivity contribution in [1.29, 1.82) is 0 Å². The minimum absolute atomic E-state index is 0.223. The summed E-state index contributed by atoms with van der Waals surface area (Å²) in [5, 5.41) is 0.223. The molecule has 1 rings (SSSR count). The lowest BCUT2D eigenvalue weighted by atomic mass is 10.0. The van der Waals surface area contributed by atoms with Crippen LogP contribution in [0.2, 0.25) is 0 Å². The first-order valence-electron chi connectivity index (χ1n) is 3.90. The Bertz CT molecular complexity index is 218. The van der Waals surface area contributed by atoms with Gasteiger partial charge < -0.3 is 0 Å². The van der Waals surface area contributed by atoms with Gasteiger partial charge in [0.15, 0.2) is 0 Å². The molecule has 0 bridgehead atoms. The Kier molecular flexibility index (Phi) is 3.82. The van der Waals surface area contributed by atoms with Gasteiger partial charge in [-0.3, -0.25) is 4.55 Å². The van der Waals surface area contributed by atoms with E-state index in [0.29, 0.717) is 0 Å². The number of hydrogen-bond acceptors (Lipinski definition) is 4.